The van der Waals surface area contributed by atoms with E-state index in [-0.39, 0.29) is 22.6 Å². The largest absolute Gasteiger partial charge is 0.345 e. The van der Waals surface area contributed by atoms with E-state index in [1.165, 1.54) is 24.4 Å². The average Bonchev–Trinajstić information content (AvgIpc) is 3.18. The Labute approximate surface area is 189 Å². The molecule has 0 aliphatic carbocycles. The Hall–Kier alpha value is -3.23. The monoisotopic (exact) mass is 471 g/mol. The van der Waals surface area contributed by atoms with Crippen molar-refractivity contribution in [2.45, 2.75) is 13.3 Å². The fraction of sp³-hybridized carbons (Fsp3) is 0.130. The standard InChI is InChI=1S/C23H19ClFN3O3S/c1-2-10-32(30,31)28-20-5-3-4-17(21(20)25)22(29)19-13-27-23-18(19)11-15(12-26-23)14-6-8-16(24)9-7-14/h3-9,11-13,28H,2,10H2,1H3,(H,26,27). The number of hydrogen-bond donors (Lipinski definition) is 2. The number of aromatic nitrogens is 2. The summed E-state index contributed by atoms with van der Waals surface area (Å²) in [4.78, 5) is 20.5. The van der Waals surface area contributed by atoms with Crippen LogP contribution in [0, 0.1) is 5.82 Å². The van der Waals surface area contributed by atoms with Gasteiger partial charge in [-0.1, -0.05) is 36.7 Å². The highest BCUT2D eigenvalue weighted by Crippen LogP contribution is 2.29. The van der Waals surface area contributed by atoms with Crippen molar-refractivity contribution in [3.8, 4) is 11.1 Å². The van der Waals surface area contributed by atoms with E-state index in [1.54, 1.807) is 31.3 Å². The molecule has 2 N–H and O–H groups in total. The maximum absolute atomic E-state index is 15.1. The number of nitrogens with zero attached hydrogens (tertiary/aromatic N) is 1. The second-order valence-corrected chi connectivity index (χ2v) is 9.52. The second kappa shape index (κ2) is 8.72. The van der Waals surface area contributed by atoms with E-state index in [1.807, 2.05) is 12.1 Å². The third-order valence-corrected chi connectivity index (χ3v) is 6.66. The third kappa shape index (κ3) is 4.37. The van der Waals surface area contributed by atoms with Crippen molar-refractivity contribution in [1.82, 2.24) is 9.97 Å². The number of rotatable bonds is 7. The molecule has 0 saturated carbocycles. The second-order valence-electron chi connectivity index (χ2n) is 7.25. The molecule has 2 aromatic carbocycles. The Balaban J connectivity index is 1.73. The Morgan fingerprint density at radius 2 is 1.88 bits per heavy atom. The fourth-order valence-corrected chi connectivity index (χ4v) is 4.67. The van der Waals surface area contributed by atoms with Crippen LogP contribution in [0.4, 0.5) is 10.1 Å². The van der Waals surface area contributed by atoms with Gasteiger partial charge in [0.2, 0.25) is 10.0 Å². The summed E-state index contributed by atoms with van der Waals surface area (Å²) < 4.78 is 41.4. The van der Waals surface area contributed by atoms with E-state index < -0.39 is 21.6 Å². The van der Waals surface area contributed by atoms with Crippen LogP contribution in [0.25, 0.3) is 22.2 Å². The van der Waals surface area contributed by atoms with Crippen molar-refractivity contribution in [3.63, 3.8) is 0 Å². The molecule has 0 atom stereocenters. The molecular formula is C23H19ClFN3O3S. The van der Waals surface area contributed by atoms with E-state index in [2.05, 4.69) is 14.7 Å². The van der Waals surface area contributed by atoms with Crippen LogP contribution in [-0.4, -0.2) is 29.9 Å². The summed E-state index contributed by atoms with van der Waals surface area (Å²) in [5.74, 6) is -1.65. The van der Waals surface area contributed by atoms with E-state index >= 15 is 4.39 Å². The molecule has 2 aromatic heterocycles. The molecule has 0 unspecified atom stereocenters. The number of pyridine rings is 1. The highest BCUT2D eigenvalue weighted by Gasteiger charge is 2.22. The predicted molar refractivity (Wildman–Crippen MR) is 124 cm³/mol. The first-order valence-corrected chi connectivity index (χ1v) is 11.9. The SMILES string of the molecule is CCCS(=O)(=O)Nc1cccc(C(=O)c2c[nH]c3ncc(-c4ccc(Cl)cc4)cc23)c1F. The lowest BCUT2D eigenvalue weighted by Gasteiger charge is -2.10. The Bertz CT molecular complexity index is 1420. The van der Waals surface area contributed by atoms with Crippen LogP contribution in [0.5, 0.6) is 0 Å². The zero-order chi connectivity index (χ0) is 22.9. The molecule has 0 fully saturated rings. The molecule has 0 radical (unpaired) electrons. The van der Waals surface area contributed by atoms with Gasteiger partial charge < -0.3 is 4.98 Å². The van der Waals surface area contributed by atoms with Crippen molar-refractivity contribution in [1.29, 1.82) is 0 Å². The molecule has 164 valence electrons. The summed E-state index contributed by atoms with van der Waals surface area (Å²) in [6.45, 7) is 1.71. The number of anilines is 1. The zero-order valence-corrected chi connectivity index (χ0v) is 18.6. The van der Waals surface area contributed by atoms with Crippen molar-refractivity contribution in [2.24, 2.45) is 0 Å². The van der Waals surface area contributed by atoms with Crippen LogP contribution in [0.3, 0.4) is 0 Å². The van der Waals surface area contributed by atoms with Gasteiger partial charge in [0.15, 0.2) is 11.6 Å². The van der Waals surface area contributed by atoms with E-state index in [0.29, 0.717) is 22.5 Å². The molecule has 32 heavy (non-hydrogen) atoms. The highest BCUT2D eigenvalue weighted by molar-refractivity contribution is 7.92. The number of halogens is 2. The highest BCUT2D eigenvalue weighted by atomic mass is 35.5. The minimum atomic E-state index is -3.70. The Morgan fingerprint density at radius 1 is 1.12 bits per heavy atom. The molecule has 0 saturated heterocycles. The van der Waals surface area contributed by atoms with Gasteiger partial charge in [-0.05, 0) is 42.3 Å². The molecule has 9 heteroatoms. The Kier molecular flexibility index (Phi) is 5.99. The summed E-state index contributed by atoms with van der Waals surface area (Å²) in [5, 5.41) is 1.13. The quantitative estimate of drug-likeness (QED) is 0.353. The fourth-order valence-electron chi connectivity index (χ4n) is 3.41. The molecule has 0 spiro atoms. The number of carbonyl (C=O) groups is 1. The molecule has 0 aliphatic rings. The molecule has 6 nitrogen and oxygen atoms in total. The van der Waals surface area contributed by atoms with E-state index in [4.69, 9.17) is 11.6 Å². The number of fused-ring (bicyclic) bond motifs is 1. The summed E-state index contributed by atoms with van der Waals surface area (Å²) in [6.07, 6.45) is 3.52. The molecular weight excluding hydrogens is 453 g/mol. The topological polar surface area (TPSA) is 91.9 Å². The van der Waals surface area contributed by atoms with Crippen molar-refractivity contribution in [3.05, 3.63) is 82.9 Å². The van der Waals surface area contributed by atoms with Gasteiger partial charge in [0, 0.05) is 33.9 Å². The first-order valence-electron chi connectivity index (χ1n) is 9.86. The number of benzene rings is 2. The van der Waals surface area contributed by atoms with Gasteiger partial charge in [-0.25, -0.2) is 17.8 Å². The van der Waals surface area contributed by atoms with Gasteiger partial charge in [0.1, 0.15) is 5.65 Å². The average molecular weight is 472 g/mol. The van der Waals surface area contributed by atoms with Gasteiger partial charge >= 0.3 is 0 Å². The summed E-state index contributed by atoms with van der Waals surface area (Å²) in [5.41, 5.74) is 1.84. The normalized spacial score (nSPS) is 11.6. The number of hydrogen-bond acceptors (Lipinski definition) is 4. The van der Waals surface area contributed by atoms with Crippen molar-refractivity contribution < 1.29 is 17.6 Å². The summed E-state index contributed by atoms with van der Waals surface area (Å²) in [7, 11) is -3.70. The maximum Gasteiger partial charge on any atom is 0.232 e. The van der Waals surface area contributed by atoms with Crippen LogP contribution in [-0.2, 0) is 10.0 Å². The molecule has 0 bridgehead atoms. The van der Waals surface area contributed by atoms with E-state index in [9.17, 15) is 13.2 Å². The number of nitrogens with one attached hydrogen (secondary N) is 2. The summed E-state index contributed by atoms with van der Waals surface area (Å²) >= 11 is 5.95. The summed E-state index contributed by atoms with van der Waals surface area (Å²) in [6, 6.07) is 13.0. The predicted octanol–water partition coefficient (Wildman–Crippen LogP) is 5.41. The zero-order valence-electron chi connectivity index (χ0n) is 17.0. The first kappa shape index (κ1) is 22.0. The molecule has 4 rings (SSSR count). The van der Waals surface area contributed by atoms with E-state index in [0.717, 1.165) is 11.1 Å². The third-order valence-electron chi connectivity index (χ3n) is 4.93. The van der Waals surface area contributed by atoms with Crippen LogP contribution in [0.2, 0.25) is 5.02 Å². The van der Waals surface area contributed by atoms with Gasteiger partial charge in [0.25, 0.3) is 0 Å². The minimum absolute atomic E-state index is 0.147. The molecule has 2 heterocycles. The maximum atomic E-state index is 15.1. The smallest absolute Gasteiger partial charge is 0.232 e. The van der Waals surface area contributed by atoms with Crippen LogP contribution in [0.15, 0.2) is 60.9 Å². The lowest BCUT2D eigenvalue weighted by atomic mass is 10.0. The first-order chi connectivity index (χ1) is 15.3. The number of aromatic amines is 1. The number of H-pyrrole nitrogens is 1. The molecule has 0 aliphatic heterocycles. The minimum Gasteiger partial charge on any atom is -0.345 e. The number of sulfonamides is 1. The molecule has 0 amide bonds. The number of carbonyl (C=O) groups excluding carboxylic acids is 1. The lowest BCUT2D eigenvalue weighted by Crippen LogP contribution is -2.18. The van der Waals surface area contributed by atoms with Crippen LogP contribution < -0.4 is 4.72 Å². The lowest BCUT2D eigenvalue weighted by molar-refractivity contribution is 0.103. The van der Waals surface area contributed by atoms with Gasteiger partial charge in [-0.2, -0.15) is 0 Å². The number of ketones is 1. The van der Waals surface area contributed by atoms with Gasteiger partial charge in [-0.15, -0.1) is 0 Å². The molecule has 4 aromatic rings. The van der Waals surface area contributed by atoms with Crippen molar-refractivity contribution >= 4 is 44.1 Å². The Morgan fingerprint density at radius 3 is 2.59 bits per heavy atom. The van der Waals surface area contributed by atoms with Gasteiger partial charge in [0.05, 0.1) is 17.0 Å². The van der Waals surface area contributed by atoms with Crippen LogP contribution >= 0.6 is 11.6 Å². The van der Waals surface area contributed by atoms with Gasteiger partial charge in [-0.3, -0.25) is 9.52 Å². The van der Waals surface area contributed by atoms with Crippen LogP contribution in [0.1, 0.15) is 29.3 Å². The van der Waals surface area contributed by atoms with Crippen molar-refractivity contribution in [2.75, 3.05) is 10.5 Å².